The highest BCUT2D eigenvalue weighted by atomic mass is 16.3. The Hall–Kier alpha value is -1.16. The highest BCUT2D eigenvalue weighted by Crippen LogP contribution is 2.37. The van der Waals surface area contributed by atoms with E-state index in [1.807, 2.05) is 6.92 Å². The summed E-state index contributed by atoms with van der Waals surface area (Å²) in [6, 6.07) is 0. The molecule has 0 spiro atoms. The van der Waals surface area contributed by atoms with E-state index in [1.54, 1.807) is 12.4 Å². The molecule has 0 aliphatic carbocycles. The maximum atomic E-state index is 9.73. The number of aliphatic hydroxyl groups is 1. The van der Waals surface area contributed by atoms with E-state index >= 15 is 0 Å². The summed E-state index contributed by atoms with van der Waals surface area (Å²) in [4.78, 5) is 11.1. The van der Waals surface area contributed by atoms with Gasteiger partial charge in [-0.1, -0.05) is 19.8 Å². The van der Waals surface area contributed by atoms with Crippen LogP contribution >= 0.6 is 0 Å². The van der Waals surface area contributed by atoms with Crippen LogP contribution in [0.5, 0.6) is 0 Å². The number of hydrogen-bond acceptors (Lipinski definition) is 4. The lowest BCUT2D eigenvalue weighted by atomic mass is 9.75. The maximum Gasteiger partial charge on any atom is 0.150 e. The Bertz CT molecular complexity index is 400. The molecule has 1 aliphatic rings. The van der Waals surface area contributed by atoms with Gasteiger partial charge >= 0.3 is 0 Å². The van der Waals surface area contributed by atoms with Crippen molar-refractivity contribution < 1.29 is 5.11 Å². The number of aliphatic hydroxyl groups excluding tert-OH is 1. The molecule has 19 heavy (non-hydrogen) atoms. The Morgan fingerprint density at radius 1 is 1.26 bits per heavy atom. The van der Waals surface area contributed by atoms with Crippen molar-refractivity contribution in [2.75, 3.05) is 24.6 Å². The average molecular weight is 263 g/mol. The Kier molecular flexibility index (Phi) is 4.75. The van der Waals surface area contributed by atoms with Crippen molar-refractivity contribution in [3.8, 4) is 0 Å². The summed E-state index contributed by atoms with van der Waals surface area (Å²) in [7, 11) is 0. The minimum Gasteiger partial charge on any atom is -0.396 e. The molecule has 4 nitrogen and oxygen atoms in total. The molecule has 1 aromatic rings. The zero-order valence-electron chi connectivity index (χ0n) is 12.1. The zero-order valence-corrected chi connectivity index (χ0v) is 12.1. The monoisotopic (exact) mass is 263 g/mol. The van der Waals surface area contributed by atoms with E-state index in [0.29, 0.717) is 6.61 Å². The standard InChI is InChI=1S/C15H25N3O/c1-3-4-5-15(12-19)6-10-18(11-7-15)14-13(2)16-8-9-17-14/h8-9,19H,3-7,10-12H2,1-2H3. The number of rotatable bonds is 5. The molecule has 4 heteroatoms. The van der Waals surface area contributed by atoms with Crippen molar-refractivity contribution in [1.82, 2.24) is 9.97 Å². The molecule has 1 fully saturated rings. The quantitative estimate of drug-likeness (QED) is 0.887. The van der Waals surface area contributed by atoms with Crippen LogP contribution in [0.1, 0.15) is 44.7 Å². The molecule has 0 amide bonds. The lowest BCUT2D eigenvalue weighted by molar-refractivity contribution is 0.0845. The molecule has 0 saturated carbocycles. The topological polar surface area (TPSA) is 49.2 Å². The van der Waals surface area contributed by atoms with Crippen LogP contribution in [0, 0.1) is 12.3 Å². The van der Waals surface area contributed by atoms with Crippen LogP contribution in [-0.2, 0) is 0 Å². The SMILES string of the molecule is CCCCC1(CO)CCN(c2nccnc2C)CC1. The van der Waals surface area contributed by atoms with Crippen LogP contribution in [-0.4, -0.2) is 34.8 Å². The van der Waals surface area contributed by atoms with Crippen molar-refractivity contribution in [1.29, 1.82) is 0 Å². The largest absolute Gasteiger partial charge is 0.396 e. The summed E-state index contributed by atoms with van der Waals surface area (Å²) in [5.41, 5.74) is 1.13. The fraction of sp³-hybridized carbons (Fsp3) is 0.733. The van der Waals surface area contributed by atoms with Gasteiger partial charge in [0.05, 0.1) is 5.69 Å². The second kappa shape index (κ2) is 6.33. The van der Waals surface area contributed by atoms with Gasteiger partial charge < -0.3 is 10.0 Å². The van der Waals surface area contributed by atoms with Crippen LogP contribution < -0.4 is 4.90 Å². The van der Waals surface area contributed by atoms with Gasteiger partial charge in [0, 0.05) is 32.1 Å². The lowest BCUT2D eigenvalue weighted by Gasteiger charge is -2.41. The minimum atomic E-state index is 0.141. The summed E-state index contributed by atoms with van der Waals surface area (Å²) >= 11 is 0. The number of nitrogens with zero attached hydrogens (tertiary/aromatic N) is 3. The summed E-state index contributed by atoms with van der Waals surface area (Å²) in [6.45, 7) is 6.49. The Morgan fingerprint density at radius 2 is 1.95 bits per heavy atom. The molecule has 106 valence electrons. The van der Waals surface area contributed by atoms with E-state index in [-0.39, 0.29) is 5.41 Å². The molecule has 1 saturated heterocycles. The summed E-state index contributed by atoms with van der Waals surface area (Å²) < 4.78 is 0. The fourth-order valence-electron chi connectivity index (χ4n) is 2.94. The van der Waals surface area contributed by atoms with E-state index < -0.39 is 0 Å². The normalized spacial score (nSPS) is 18.6. The van der Waals surface area contributed by atoms with Gasteiger partial charge in [-0.3, -0.25) is 4.98 Å². The second-order valence-electron chi connectivity index (χ2n) is 5.71. The Balaban J connectivity index is 2.00. The van der Waals surface area contributed by atoms with Crippen LogP contribution in [0.4, 0.5) is 5.82 Å². The first kappa shape index (κ1) is 14.3. The summed E-state index contributed by atoms with van der Waals surface area (Å²) in [5, 5.41) is 9.73. The minimum absolute atomic E-state index is 0.141. The van der Waals surface area contributed by atoms with Crippen molar-refractivity contribution in [2.24, 2.45) is 5.41 Å². The molecular formula is C15H25N3O. The van der Waals surface area contributed by atoms with E-state index in [9.17, 15) is 5.11 Å². The van der Waals surface area contributed by atoms with Crippen LogP contribution in [0.2, 0.25) is 0 Å². The number of unbranched alkanes of at least 4 members (excludes halogenated alkanes) is 1. The predicted molar refractivity (Wildman–Crippen MR) is 77.3 cm³/mol. The molecule has 1 aromatic heterocycles. The molecular weight excluding hydrogens is 238 g/mol. The van der Waals surface area contributed by atoms with E-state index in [1.165, 1.54) is 12.8 Å². The smallest absolute Gasteiger partial charge is 0.150 e. The first-order chi connectivity index (χ1) is 9.21. The van der Waals surface area contributed by atoms with Crippen LogP contribution in [0.15, 0.2) is 12.4 Å². The molecule has 1 aliphatic heterocycles. The lowest BCUT2D eigenvalue weighted by Crippen LogP contribution is -2.42. The summed E-state index contributed by atoms with van der Waals surface area (Å²) in [5.74, 6) is 1.00. The first-order valence-electron chi connectivity index (χ1n) is 7.34. The third-order valence-electron chi connectivity index (χ3n) is 4.37. The highest BCUT2D eigenvalue weighted by Gasteiger charge is 2.34. The molecule has 0 atom stereocenters. The van der Waals surface area contributed by atoms with Gasteiger partial charge in [0.25, 0.3) is 0 Å². The number of aromatic nitrogens is 2. The number of piperidine rings is 1. The van der Waals surface area contributed by atoms with Gasteiger partial charge in [-0.05, 0) is 31.6 Å². The molecule has 1 N–H and O–H groups in total. The van der Waals surface area contributed by atoms with E-state index in [0.717, 1.165) is 43.9 Å². The maximum absolute atomic E-state index is 9.73. The number of hydrogen-bond donors (Lipinski definition) is 1. The van der Waals surface area contributed by atoms with Crippen molar-refractivity contribution in [3.63, 3.8) is 0 Å². The fourth-order valence-corrected chi connectivity index (χ4v) is 2.94. The molecule has 0 unspecified atom stereocenters. The number of aryl methyl sites for hydroxylation is 1. The summed E-state index contributed by atoms with van der Waals surface area (Å²) in [6.07, 6.45) is 9.17. The van der Waals surface area contributed by atoms with E-state index in [4.69, 9.17) is 0 Å². The Morgan fingerprint density at radius 3 is 2.53 bits per heavy atom. The molecule has 0 aromatic carbocycles. The van der Waals surface area contributed by atoms with Crippen LogP contribution in [0.3, 0.4) is 0 Å². The average Bonchev–Trinajstić information content (AvgIpc) is 2.46. The predicted octanol–water partition coefficient (Wildman–Crippen LogP) is 2.55. The van der Waals surface area contributed by atoms with Gasteiger partial charge in [-0.2, -0.15) is 0 Å². The van der Waals surface area contributed by atoms with Crippen LogP contribution in [0.25, 0.3) is 0 Å². The van der Waals surface area contributed by atoms with Gasteiger partial charge in [0.15, 0.2) is 0 Å². The van der Waals surface area contributed by atoms with Gasteiger partial charge in [0.2, 0.25) is 0 Å². The third kappa shape index (κ3) is 3.24. The van der Waals surface area contributed by atoms with Crippen molar-refractivity contribution in [2.45, 2.75) is 46.0 Å². The molecule has 0 radical (unpaired) electrons. The van der Waals surface area contributed by atoms with Gasteiger partial charge in [-0.25, -0.2) is 4.98 Å². The van der Waals surface area contributed by atoms with Gasteiger partial charge in [-0.15, -0.1) is 0 Å². The van der Waals surface area contributed by atoms with Crippen molar-refractivity contribution in [3.05, 3.63) is 18.1 Å². The molecule has 0 bridgehead atoms. The zero-order chi connectivity index (χ0) is 13.7. The molecule has 2 rings (SSSR count). The highest BCUT2D eigenvalue weighted by molar-refractivity contribution is 5.42. The van der Waals surface area contributed by atoms with Crippen molar-refractivity contribution >= 4 is 5.82 Å². The van der Waals surface area contributed by atoms with E-state index in [2.05, 4.69) is 21.8 Å². The Labute approximate surface area is 115 Å². The third-order valence-corrected chi connectivity index (χ3v) is 4.37. The second-order valence-corrected chi connectivity index (χ2v) is 5.71. The first-order valence-corrected chi connectivity index (χ1v) is 7.34. The molecule has 2 heterocycles. The van der Waals surface area contributed by atoms with Gasteiger partial charge in [0.1, 0.15) is 5.82 Å². The number of anilines is 1.